The van der Waals surface area contributed by atoms with Crippen LogP contribution in [0.3, 0.4) is 0 Å². The van der Waals surface area contributed by atoms with Crippen LogP contribution in [0, 0.1) is 30.6 Å². The van der Waals surface area contributed by atoms with Crippen molar-refractivity contribution >= 4 is 10.8 Å². The van der Waals surface area contributed by atoms with Crippen molar-refractivity contribution in [3.05, 3.63) is 40.5 Å². The third-order valence-electron chi connectivity index (χ3n) is 7.83. The van der Waals surface area contributed by atoms with Gasteiger partial charge in [-0.05, 0) is 81.0 Å². The molecule has 4 saturated carbocycles. The van der Waals surface area contributed by atoms with Crippen molar-refractivity contribution < 1.29 is 18.9 Å². The van der Waals surface area contributed by atoms with Crippen LogP contribution in [0.1, 0.15) is 66.7 Å². The maximum absolute atomic E-state index is 2.53. The van der Waals surface area contributed by atoms with E-state index < -0.39 is 0 Å². The molecule has 5 aliphatic carbocycles. The molecule has 0 aliphatic heterocycles. The van der Waals surface area contributed by atoms with Crippen molar-refractivity contribution in [2.24, 2.45) is 23.7 Å². The van der Waals surface area contributed by atoms with Crippen LogP contribution in [0.4, 0.5) is 0 Å². The first-order chi connectivity index (χ1) is 11.3. The maximum atomic E-state index is 2.53. The van der Waals surface area contributed by atoms with Crippen LogP contribution >= 0.6 is 0 Å². The molecule has 0 N–H and O–H groups in total. The Morgan fingerprint density at radius 3 is 2.33 bits per heavy atom. The Hall–Kier alpha value is -0.573. The van der Waals surface area contributed by atoms with Gasteiger partial charge in [-0.2, -0.15) is 6.07 Å². The number of benzene rings is 1. The summed E-state index contributed by atoms with van der Waals surface area (Å²) in [6.07, 6.45) is 11.8. The van der Waals surface area contributed by atoms with E-state index in [0.717, 1.165) is 29.6 Å². The smallest absolute Gasteiger partial charge is 0.165 e. The molecule has 120 valence electrons. The van der Waals surface area contributed by atoms with Gasteiger partial charge in [0.2, 0.25) is 0 Å². The number of fused-ring (bicyclic) bond motifs is 2. The van der Waals surface area contributed by atoms with Crippen molar-refractivity contribution in [3.63, 3.8) is 0 Å². The summed E-state index contributed by atoms with van der Waals surface area (Å²) in [6.45, 7) is 2.28. The van der Waals surface area contributed by atoms with E-state index in [2.05, 4.69) is 25.1 Å². The maximum Gasteiger partial charge on any atom is 1.00 e. The van der Waals surface area contributed by atoms with Crippen molar-refractivity contribution in [1.29, 1.82) is 0 Å². The summed E-state index contributed by atoms with van der Waals surface area (Å²) in [6, 6.07) is 7.48. The summed E-state index contributed by atoms with van der Waals surface area (Å²) in [5.74, 6) is 5.10. The number of hydrogen-bond donors (Lipinski definition) is 0. The average Bonchev–Trinajstić information content (AvgIpc) is 3.10. The van der Waals surface area contributed by atoms with E-state index in [0.29, 0.717) is 0 Å². The second kappa shape index (κ2) is 5.46. The van der Waals surface area contributed by atoms with Crippen LogP contribution in [0.25, 0.3) is 10.8 Å². The van der Waals surface area contributed by atoms with Gasteiger partial charge < -0.3 is 0 Å². The molecule has 0 spiro atoms. The van der Waals surface area contributed by atoms with E-state index in [1.807, 2.05) is 5.56 Å². The Bertz CT molecular complexity index is 768. The number of hydrogen-bond acceptors (Lipinski definition) is 0. The molecule has 24 heavy (non-hydrogen) atoms. The first kappa shape index (κ1) is 15.7. The van der Waals surface area contributed by atoms with Crippen LogP contribution in [-0.4, -0.2) is 0 Å². The summed E-state index contributed by atoms with van der Waals surface area (Å²) in [5, 5.41) is 3.19. The molecule has 0 unspecified atom stereocenters. The van der Waals surface area contributed by atoms with Gasteiger partial charge in [0.25, 0.3) is 0 Å². The molecule has 2 aromatic carbocycles. The fourth-order valence-corrected chi connectivity index (χ4v) is 7.39. The average molecular weight is 310 g/mol. The molecule has 0 nitrogen and oxygen atoms in total. The van der Waals surface area contributed by atoms with Gasteiger partial charge in [-0.15, -0.1) is 28.5 Å². The van der Waals surface area contributed by atoms with E-state index in [4.69, 9.17) is 0 Å². The summed E-state index contributed by atoms with van der Waals surface area (Å²) in [7, 11) is 0. The molecular formula is C23H27Li. The Labute approximate surface area is 157 Å². The summed E-state index contributed by atoms with van der Waals surface area (Å²) < 4.78 is 0. The van der Waals surface area contributed by atoms with E-state index in [9.17, 15) is 0 Å². The molecule has 2 aromatic rings. The SMILES string of the molecule is Cc1cc2c(C3C4CC5CC(C4)CC3C5)c3c(cc2[cH-]1)CCC3.[Li+]. The molecule has 4 fully saturated rings. The van der Waals surface area contributed by atoms with Gasteiger partial charge in [0, 0.05) is 0 Å². The fourth-order valence-electron chi connectivity index (χ4n) is 7.39. The third kappa shape index (κ3) is 2.09. The summed E-state index contributed by atoms with van der Waals surface area (Å²) >= 11 is 0. The van der Waals surface area contributed by atoms with Gasteiger partial charge in [0.05, 0.1) is 0 Å². The largest absolute Gasteiger partial charge is 1.00 e. The molecule has 4 bridgehead atoms. The van der Waals surface area contributed by atoms with Crippen molar-refractivity contribution in [2.45, 2.75) is 64.2 Å². The Balaban J connectivity index is 0.00000131. The van der Waals surface area contributed by atoms with Gasteiger partial charge in [-0.3, -0.25) is 0 Å². The third-order valence-corrected chi connectivity index (χ3v) is 7.83. The van der Waals surface area contributed by atoms with Gasteiger partial charge in [0.15, 0.2) is 0 Å². The molecule has 0 aromatic heterocycles. The Morgan fingerprint density at radius 2 is 1.62 bits per heavy atom. The monoisotopic (exact) mass is 310 g/mol. The van der Waals surface area contributed by atoms with Gasteiger partial charge >= 0.3 is 18.9 Å². The molecule has 5 aliphatic rings. The van der Waals surface area contributed by atoms with E-state index in [-0.39, 0.29) is 18.9 Å². The predicted octanol–water partition coefficient (Wildman–Crippen LogP) is 2.90. The predicted molar refractivity (Wildman–Crippen MR) is 96.1 cm³/mol. The molecular weight excluding hydrogens is 283 g/mol. The first-order valence-corrected chi connectivity index (χ1v) is 9.98. The second-order valence-electron chi connectivity index (χ2n) is 9.27. The minimum Gasteiger partial charge on any atom is -0.165 e. The van der Waals surface area contributed by atoms with Crippen LogP contribution in [0.15, 0.2) is 18.2 Å². The second-order valence-corrected chi connectivity index (χ2v) is 9.27. The van der Waals surface area contributed by atoms with Crippen molar-refractivity contribution in [1.82, 2.24) is 0 Å². The fraction of sp³-hybridized carbons (Fsp3) is 0.609. The topological polar surface area (TPSA) is 0 Å². The van der Waals surface area contributed by atoms with E-state index in [1.54, 1.807) is 54.0 Å². The van der Waals surface area contributed by atoms with Crippen molar-refractivity contribution in [2.75, 3.05) is 0 Å². The van der Waals surface area contributed by atoms with Crippen molar-refractivity contribution in [3.8, 4) is 0 Å². The number of aryl methyl sites for hydroxylation is 2. The summed E-state index contributed by atoms with van der Waals surface area (Å²) in [4.78, 5) is 0. The zero-order valence-electron chi connectivity index (χ0n) is 15.3. The van der Waals surface area contributed by atoms with Crippen LogP contribution in [-0.2, 0) is 12.8 Å². The van der Waals surface area contributed by atoms with Crippen LogP contribution in [0.2, 0.25) is 0 Å². The molecule has 0 atom stereocenters. The zero-order chi connectivity index (χ0) is 15.1. The Morgan fingerprint density at radius 1 is 0.917 bits per heavy atom. The van der Waals surface area contributed by atoms with Crippen LogP contribution < -0.4 is 18.9 Å². The van der Waals surface area contributed by atoms with Gasteiger partial charge in [-0.25, -0.2) is 0 Å². The standard InChI is InChI=1S/C23H27.Li/c1-13-5-17-12-16-3-2-4-20(16)23(21(17)6-13)22-18-8-14-7-15(10-18)11-19(22)9-14;/h5-6,12,14-15,18-19,22H,2-4,7-11H2,1H3;/q-1;+1. The molecule has 7 rings (SSSR count). The normalized spacial score (nSPS) is 36.1. The molecule has 0 amide bonds. The van der Waals surface area contributed by atoms with Crippen LogP contribution in [0.5, 0.6) is 0 Å². The van der Waals surface area contributed by atoms with E-state index >= 15 is 0 Å². The minimum absolute atomic E-state index is 0. The molecule has 0 saturated heterocycles. The van der Waals surface area contributed by atoms with Gasteiger partial charge in [0.1, 0.15) is 0 Å². The van der Waals surface area contributed by atoms with Gasteiger partial charge in [-0.1, -0.05) is 23.6 Å². The molecule has 0 radical (unpaired) electrons. The molecule has 1 heteroatoms. The number of rotatable bonds is 1. The summed E-state index contributed by atoms with van der Waals surface area (Å²) in [5.41, 5.74) is 6.80. The Kier molecular flexibility index (Phi) is 3.56. The van der Waals surface area contributed by atoms with E-state index in [1.165, 1.54) is 24.8 Å². The molecule has 0 heterocycles. The zero-order valence-corrected chi connectivity index (χ0v) is 15.3. The minimum atomic E-state index is 0. The first-order valence-electron chi connectivity index (χ1n) is 9.98. The quantitative estimate of drug-likeness (QED) is 0.561.